The van der Waals surface area contributed by atoms with Crippen LogP contribution in [-0.4, -0.2) is 30.7 Å². The van der Waals surface area contributed by atoms with Gasteiger partial charge in [-0.2, -0.15) is 0 Å². The summed E-state index contributed by atoms with van der Waals surface area (Å²) < 4.78 is 5.18. The van der Waals surface area contributed by atoms with Crippen LogP contribution < -0.4 is 11.1 Å². The minimum absolute atomic E-state index is 0.0963. The molecular formula is C13H18N2O2S. The van der Waals surface area contributed by atoms with Crippen LogP contribution in [0.15, 0.2) is 24.3 Å². The van der Waals surface area contributed by atoms with Crippen molar-refractivity contribution in [3.8, 4) is 0 Å². The highest BCUT2D eigenvalue weighted by molar-refractivity contribution is 7.80. The van der Waals surface area contributed by atoms with Gasteiger partial charge < -0.3 is 15.8 Å². The number of amides is 1. The van der Waals surface area contributed by atoms with Crippen LogP contribution in [0.25, 0.3) is 0 Å². The van der Waals surface area contributed by atoms with E-state index in [0.29, 0.717) is 30.3 Å². The van der Waals surface area contributed by atoms with Gasteiger partial charge in [0, 0.05) is 30.9 Å². The molecule has 18 heavy (non-hydrogen) atoms. The summed E-state index contributed by atoms with van der Waals surface area (Å²) in [6.45, 7) is 3.92. The molecule has 0 aliphatic rings. The molecule has 1 aromatic carbocycles. The van der Waals surface area contributed by atoms with Gasteiger partial charge >= 0.3 is 0 Å². The Morgan fingerprint density at radius 3 is 2.50 bits per heavy atom. The van der Waals surface area contributed by atoms with Crippen molar-refractivity contribution in [2.45, 2.75) is 13.3 Å². The lowest BCUT2D eigenvalue weighted by Gasteiger charge is -2.06. The number of thiocarbonyl (C=S) groups is 1. The second kappa shape index (κ2) is 7.79. The number of ether oxygens (including phenoxy) is 1. The molecule has 1 aromatic rings. The minimum atomic E-state index is -0.0963. The minimum Gasteiger partial charge on any atom is -0.389 e. The second-order valence-electron chi connectivity index (χ2n) is 3.75. The van der Waals surface area contributed by atoms with Crippen molar-refractivity contribution < 1.29 is 9.53 Å². The Bertz CT molecular complexity index is 404. The molecule has 98 valence electrons. The normalized spacial score (nSPS) is 10.1. The standard InChI is InChI=1S/C13H18N2O2S/c1-2-17-9-3-8-15-13(16)11-6-4-10(5-7-11)12(14)18/h4-7H,2-3,8-9H2,1H3,(H2,14,18)(H,15,16). The molecule has 5 heteroatoms. The van der Waals surface area contributed by atoms with Crippen LogP contribution in [0.3, 0.4) is 0 Å². The zero-order valence-electron chi connectivity index (χ0n) is 10.4. The number of nitrogens with one attached hydrogen (secondary N) is 1. The first kappa shape index (κ1) is 14.6. The van der Waals surface area contributed by atoms with E-state index in [4.69, 9.17) is 22.7 Å². The molecule has 4 nitrogen and oxygen atoms in total. The van der Waals surface area contributed by atoms with Crippen molar-refractivity contribution in [2.75, 3.05) is 19.8 Å². The van der Waals surface area contributed by atoms with Gasteiger partial charge in [-0.1, -0.05) is 24.4 Å². The van der Waals surface area contributed by atoms with Gasteiger partial charge in [-0.3, -0.25) is 4.79 Å². The van der Waals surface area contributed by atoms with Crippen molar-refractivity contribution in [2.24, 2.45) is 5.73 Å². The van der Waals surface area contributed by atoms with Crippen molar-refractivity contribution >= 4 is 23.1 Å². The molecule has 0 saturated carbocycles. The summed E-state index contributed by atoms with van der Waals surface area (Å²) in [5.41, 5.74) is 6.85. The molecule has 1 rings (SSSR count). The smallest absolute Gasteiger partial charge is 0.251 e. The van der Waals surface area contributed by atoms with E-state index in [1.807, 2.05) is 6.92 Å². The van der Waals surface area contributed by atoms with E-state index in [1.165, 1.54) is 0 Å². The van der Waals surface area contributed by atoms with E-state index in [1.54, 1.807) is 24.3 Å². The number of rotatable bonds is 7. The third-order valence-electron chi connectivity index (χ3n) is 2.39. The summed E-state index contributed by atoms with van der Waals surface area (Å²) in [7, 11) is 0. The average Bonchev–Trinajstić information content (AvgIpc) is 2.38. The van der Waals surface area contributed by atoms with Gasteiger partial charge in [-0.05, 0) is 25.5 Å². The monoisotopic (exact) mass is 266 g/mol. The quantitative estimate of drug-likeness (QED) is 0.579. The fourth-order valence-electron chi connectivity index (χ4n) is 1.41. The van der Waals surface area contributed by atoms with Crippen LogP contribution in [0.2, 0.25) is 0 Å². The Kier molecular flexibility index (Phi) is 6.32. The lowest BCUT2D eigenvalue weighted by molar-refractivity contribution is 0.0944. The number of benzene rings is 1. The summed E-state index contributed by atoms with van der Waals surface area (Å²) in [5.74, 6) is -0.0963. The molecule has 3 N–H and O–H groups in total. The molecule has 0 unspecified atom stereocenters. The third kappa shape index (κ3) is 4.81. The van der Waals surface area contributed by atoms with Gasteiger partial charge in [0.2, 0.25) is 0 Å². The lowest BCUT2D eigenvalue weighted by Crippen LogP contribution is -2.25. The Morgan fingerprint density at radius 2 is 1.94 bits per heavy atom. The molecule has 0 aromatic heterocycles. The van der Waals surface area contributed by atoms with E-state index in [9.17, 15) is 4.79 Å². The lowest BCUT2D eigenvalue weighted by atomic mass is 10.1. The Labute approximate surface area is 113 Å². The van der Waals surface area contributed by atoms with Crippen LogP contribution in [0.1, 0.15) is 29.3 Å². The van der Waals surface area contributed by atoms with E-state index in [2.05, 4.69) is 5.32 Å². The largest absolute Gasteiger partial charge is 0.389 e. The maximum atomic E-state index is 11.7. The number of nitrogens with two attached hydrogens (primary N) is 1. The molecular weight excluding hydrogens is 248 g/mol. The molecule has 0 bridgehead atoms. The van der Waals surface area contributed by atoms with Gasteiger partial charge in [0.05, 0.1) is 0 Å². The van der Waals surface area contributed by atoms with E-state index in [0.717, 1.165) is 12.0 Å². The highest BCUT2D eigenvalue weighted by Crippen LogP contribution is 2.04. The number of carbonyl (C=O) groups is 1. The molecule has 0 spiro atoms. The van der Waals surface area contributed by atoms with Gasteiger partial charge in [0.1, 0.15) is 4.99 Å². The molecule has 0 aliphatic heterocycles. The topological polar surface area (TPSA) is 64.3 Å². The Balaban J connectivity index is 2.39. The van der Waals surface area contributed by atoms with Gasteiger partial charge in [0.15, 0.2) is 0 Å². The molecule has 0 heterocycles. The summed E-state index contributed by atoms with van der Waals surface area (Å²) in [6, 6.07) is 6.92. The van der Waals surface area contributed by atoms with Gasteiger partial charge in [0.25, 0.3) is 5.91 Å². The number of hydrogen-bond acceptors (Lipinski definition) is 3. The van der Waals surface area contributed by atoms with Crippen molar-refractivity contribution in [1.82, 2.24) is 5.32 Å². The number of hydrogen-bond donors (Lipinski definition) is 2. The molecule has 0 aliphatic carbocycles. The summed E-state index contributed by atoms with van der Waals surface area (Å²) in [5, 5.41) is 2.82. The van der Waals surface area contributed by atoms with Crippen LogP contribution in [-0.2, 0) is 4.74 Å². The predicted octanol–water partition coefficient (Wildman–Crippen LogP) is 1.48. The fraction of sp³-hybridized carbons (Fsp3) is 0.385. The first-order chi connectivity index (χ1) is 8.65. The Hall–Kier alpha value is -1.46. The Morgan fingerprint density at radius 1 is 1.33 bits per heavy atom. The van der Waals surface area contributed by atoms with Crippen LogP contribution in [0.4, 0.5) is 0 Å². The van der Waals surface area contributed by atoms with Crippen LogP contribution >= 0.6 is 12.2 Å². The first-order valence-corrected chi connectivity index (χ1v) is 6.31. The molecule has 0 radical (unpaired) electrons. The third-order valence-corrected chi connectivity index (χ3v) is 2.62. The SMILES string of the molecule is CCOCCCNC(=O)c1ccc(C(N)=S)cc1. The maximum absolute atomic E-state index is 11.7. The summed E-state index contributed by atoms with van der Waals surface area (Å²) in [6.07, 6.45) is 0.810. The van der Waals surface area contributed by atoms with Gasteiger partial charge in [-0.25, -0.2) is 0 Å². The van der Waals surface area contributed by atoms with Crippen molar-refractivity contribution in [3.05, 3.63) is 35.4 Å². The zero-order chi connectivity index (χ0) is 13.4. The van der Waals surface area contributed by atoms with Crippen LogP contribution in [0.5, 0.6) is 0 Å². The molecule has 0 saturated heterocycles. The van der Waals surface area contributed by atoms with Gasteiger partial charge in [-0.15, -0.1) is 0 Å². The highest BCUT2D eigenvalue weighted by Gasteiger charge is 2.05. The fourth-order valence-corrected chi connectivity index (χ4v) is 1.54. The summed E-state index contributed by atoms with van der Waals surface area (Å²) >= 11 is 4.84. The molecule has 0 fully saturated rings. The maximum Gasteiger partial charge on any atom is 0.251 e. The van der Waals surface area contributed by atoms with E-state index in [-0.39, 0.29) is 5.91 Å². The highest BCUT2D eigenvalue weighted by atomic mass is 32.1. The van der Waals surface area contributed by atoms with Crippen LogP contribution in [0, 0.1) is 0 Å². The second-order valence-corrected chi connectivity index (χ2v) is 4.19. The van der Waals surface area contributed by atoms with Crippen molar-refractivity contribution in [3.63, 3.8) is 0 Å². The number of carbonyl (C=O) groups excluding carboxylic acids is 1. The zero-order valence-corrected chi connectivity index (χ0v) is 11.3. The van der Waals surface area contributed by atoms with E-state index >= 15 is 0 Å². The predicted molar refractivity (Wildman–Crippen MR) is 75.8 cm³/mol. The first-order valence-electron chi connectivity index (χ1n) is 5.91. The van der Waals surface area contributed by atoms with E-state index < -0.39 is 0 Å². The molecule has 0 atom stereocenters. The average molecular weight is 266 g/mol. The van der Waals surface area contributed by atoms with Crippen molar-refractivity contribution in [1.29, 1.82) is 0 Å². The summed E-state index contributed by atoms with van der Waals surface area (Å²) in [4.78, 5) is 12.1. The molecule has 1 amide bonds.